The smallest absolute Gasteiger partial charge is 0.354 e. The highest BCUT2D eigenvalue weighted by molar-refractivity contribution is 5.82. The fraction of sp³-hybridized carbons (Fsp3) is 0.655. The third-order valence-corrected chi connectivity index (χ3v) is 9.38. The maximum atomic E-state index is 13.5. The zero-order valence-corrected chi connectivity index (χ0v) is 22.4. The minimum absolute atomic E-state index is 0.0750. The predicted molar refractivity (Wildman–Crippen MR) is 137 cm³/mol. The molecule has 4 aliphatic rings. The quantitative estimate of drug-likeness (QED) is 0.510. The van der Waals surface area contributed by atoms with Gasteiger partial charge in [0.05, 0.1) is 22.8 Å². The van der Waals surface area contributed by atoms with Crippen LogP contribution in [-0.4, -0.2) is 28.3 Å². The molecule has 6 atom stereocenters. The number of amides is 1. The van der Waals surface area contributed by atoms with Gasteiger partial charge in [0, 0.05) is 24.7 Å². The molecule has 2 N–H and O–H groups in total. The number of carbonyl (C=O) groups is 1. The van der Waals surface area contributed by atoms with Gasteiger partial charge in [-0.05, 0) is 93.4 Å². The average Bonchev–Trinajstić information content (AvgIpc) is 3.50. The van der Waals surface area contributed by atoms with Crippen LogP contribution in [0, 0.1) is 23.2 Å². The van der Waals surface area contributed by atoms with Gasteiger partial charge in [0.1, 0.15) is 0 Å². The molecule has 3 aliphatic carbocycles. The first-order valence-electron chi connectivity index (χ1n) is 13.5. The van der Waals surface area contributed by atoms with Crippen LogP contribution < -0.4 is 10.6 Å². The summed E-state index contributed by atoms with van der Waals surface area (Å²) in [6.45, 7) is 11.5. The largest absolute Gasteiger partial charge is 0.416 e. The van der Waals surface area contributed by atoms with E-state index in [-0.39, 0.29) is 17.4 Å². The van der Waals surface area contributed by atoms with Gasteiger partial charge in [0.15, 0.2) is 0 Å². The number of hydrogen-bond donors (Lipinski definition) is 2. The van der Waals surface area contributed by atoms with E-state index in [2.05, 4.69) is 24.5 Å². The minimum Gasteiger partial charge on any atom is -0.354 e. The lowest BCUT2D eigenvalue weighted by molar-refractivity contribution is -0.137. The Morgan fingerprint density at radius 2 is 1.92 bits per heavy atom. The van der Waals surface area contributed by atoms with Crippen molar-refractivity contribution >= 4 is 5.91 Å². The molecule has 2 bridgehead atoms. The van der Waals surface area contributed by atoms with Gasteiger partial charge in [-0.25, -0.2) is 0 Å². The maximum absolute atomic E-state index is 13.5. The summed E-state index contributed by atoms with van der Waals surface area (Å²) in [7, 11) is 0. The van der Waals surface area contributed by atoms with E-state index in [1.807, 2.05) is 37.7 Å². The predicted octanol–water partition coefficient (Wildman–Crippen LogP) is 6.03. The standard InChI is InChI=1S/C29H39F3N4O/c1-27(2,3)36-12-11-23(35-36)21-15-24(34-25(21)17-7-6-8-20(13-17)29(30,31)32)26(37)33-16-18-9-10-19-14-22(18)28(19,4)5/h6-8,11-13,18-19,21-22,24-25,34H,9-10,14-16H2,1-5H3,(H,33,37)/t18-,19-,21+,22+,24-,25-/m0/s1. The molecule has 37 heavy (non-hydrogen) atoms. The summed E-state index contributed by atoms with van der Waals surface area (Å²) in [5.41, 5.74) is 0.758. The van der Waals surface area contributed by atoms with Crippen molar-refractivity contribution in [1.82, 2.24) is 20.4 Å². The highest BCUT2D eigenvalue weighted by Crippen LogP contribution is 2.61. The molecule has 4 fully saturated rings. The Labute approximate surface area is 217 Å². The first-order chi connectivity index (χ1) is 17.2. The third-order valence-electron chi connectivity index (χ3n) is 9.38. The van der Waals surface area contributed by atoms with E-state index in [0.29, 0.717) is 35.8 Å². The molecule has 1 saturated heterocycles. The second kappa shape index (κ2) is 9.14. The second-order valence-electron chi connectivity index (χ2n) is 13.0. The summed E-state index contributed by atoms with van der Waals surface area (Å²) in [6.07, 6.45) is 1.59. The average molecular weight is 517 g/mol. The van der Waals surface area contributed by atoms with Gasteiger partial charge < -0.3 is 5.32 Å². The lowest BCUT2D eigenvalue weighted by Crippen LogP contribution is -2.55. The summed E-state index contributed by atoms with van der Waals surface area (Å²) < 4.78 is 42.3. The molecule has 202 valence electrons. The first-order valence-corrected chi connectivity index (χ1v) is 13.5. The van der Waals surface area contributed by atoms with Crippen molar-refractivity contribution in [3.63, 3.8) is 0 Å². The van der Waals surface area contributed by atoms with Crippen LogP contribution in [0.2, 0.25) is 0 Å². The number of halogens is 3. The Morgan fingerprint density at radius 3 is 2.54 bits per heavy atom. The van der Waals surface area contributed by atoms with Gasteiger partial charge in [-0.15, -0.1) is 0 Å². The van der Waals surface area contributed by atoms with Crippen LogP contribution in [0.3, 0.4) is 0 Å². The fourth-order valence-electron chi connectivity index (χ4n) is 6.97. The van der Waals surface area contributed by atoms with Crippen LogP contribution in [0.1, 0.15) is 89.1 Å². The van der Waals surface area contributed by atoms with Crippen LogP contribution in [0.5, 0.6) is 0 Å². The third kappa shape index (κ3) is 4.93. The van der Waals surface area contributed by atoms with Gasteiger partial charge in [-0.2, -0.15) is 18.3 Å². The number of hydrogen-bond acceptors (Lipinski definition) is 3. The van der Waals surface area contributed by atoms with Crippen molar-refractivity contribution in [2.75, 3.05) is 6.54 Å². The Morgan fingerprint density at radius 1 is 1.16 bits per heavy atom. The van der Waals surface area contributed by atoms with Crippen molar-refractivity contribution in [2.45, 2.75) is 90.0 Å². The summed E-state index contributed by atoms with van der Waals surface area (Å²) >= 11 is 0. The first kappa shape index (κ1) is 26.3. The molecule has 3 saturated carbocycles. The Hall–Kier alpha value is -2.35. The molecule has 1 aliphatic heterocycles. The molecule has 2 heterocycles. The Balaban J connectivity index is 1.35. The van der Waals surface area contributed by atoms with Crippen LogP contribution in [0.25, 0.3) is 0 Å². The Bertz CT molecular complexity index is 1150. The molecular formula is C29H39F3N4O. The van der Waals surface area contributed by atoms with Crippen molar-refractivity contribution < 1.29 is 18.0 Å². The summed E-state index contributed by atoms with van der Waals surface area (Å²) in [5.74, 6) is 1.65. The zero-order valence-electron chi connectivity index (χ0n) is 22.4. The highest BCUT2D eigenvalue weighted by atomic mass is 19.4. The van der Waals surface area contributed by atoms with E-state index in [0.717, 1.165) is 24.1 Å². The molecule has 0 unspecified atom stereocenters. The summed E-state index contributed by atoms with van der Waals surface area (Å²) in [4.78, 5) is 13.3. The van der Waals surface area contributed by atoms with E-state index in [1.165, 1.54) is 25.0 Å². The Kier molecular flexibility index (Phi) is 6.49. The van der Waals surface area contributed by atoms with Crippen LogP contribution >= 0.6 is 0 Å². The minimum atomic E-state index is -4.43. The monoisotopic (exact) mass is 516 g/mol. The molecule has 1 aromatic carbocycles. The SMILES string of the molecule is CC1(C)[C@H]2CC[C@@H](CNC(=O)[C@@H]3C[C@H](c4ccn(C(C)(C)C)n4)[C@H](c4cccc(C(F)(F)F)c4)N3)[C@H]1C2. The lowest BCUT2D eigenvalue weighted by Gasteiger charge is -2.60. The molecular weight excluding hydrogens is 477 g/mol. The van der Waals surface area contributed by atoms with Crippen molar-refractivity contribution in [3.8, 4) is 0 Å². The van der Waals surface area contributed by atoms with Gasteiger partial charge in [-0.3, -0.25) is 14.8 Å². The molecule has 8 heteroatoms. The highest BCUT2D eigenvalue weighted by Gasteiger charge is 2.54. The second-order valence-corrected chi connectivity index (χ2v) is 13.0. The van der Waals surface area contributed by atoms with E-state index in [4.69, 9.17) is 5.10 Å². The molecule has 5 nitrogen and oxygen atoms in total. The molecule has 2 aromatic rings. The molecule has 1 amide bonds. The van der Waals surface area contributed by atoms with E-state index < -0.39 is 23.8 Å². The maximum Gasteiger partial charge on any atom is 0.416 e. The number of nitrogens with one attached hydrogen (secondary N) is 2. The topological polar surface area (TPSA) is 59.0 Å². The molecule has 1 aromatic heterocycles. The number of aromatic nitrogens is 2. The number of rotatable bonds is 5. The summed E-state index contributed by atoms with van der Waals surface area (Å²) in [5, 5.41) is 11.3. The van der Waals surface area contributed by atoms with E-state index >= 15 is 0 Å². The van der Waals surface area contributed by atoms with Gasteiger partial charge in [0.25, 0.3) is 0 Å². The van der Waals surface area contributed by atoms with Crippen molar-refractivity contribution in [2.24, 2.45) is 23.2 Å². The molecule has 0 radical (unpaired) electrons. The zero-order chi connectivity index (χ0) is 26.8. The number of benzene rings is 1. The van der Waals surface area contributed by atoms with Crippen LogP contribution in [-0.2, 0) is 16.5 Å². The number of fused-ring (bicyclic) bond motifs is 2. The van der Waals surface area contributed by atoms with Gasteiger partial charge in [-0.1, -0.05) is 26.0 Å². The molecule has 0 spiro atoms. The van der Waals surface area contributed by atoms with Gasteiger partial charge >= 0.3 is 6.18 Å². The van der Waals surface area contributed by atoms with Gasteiger partial charge in [0.2, 0.25) is 5.91 Å². The molecule has 6 rings (SSSR count). The van der Waals surface area contributed by atoms with E-state index in [9.17, 15) is 18.0 Å². The number of nitrogens with zero attached hydrogens (tertiary/aromatic N) is 2. The van der Waals surface area contributed by atoms with Crippen LogP contribution in [0.15, 0.2) is 36.5 Å². The number of alkyl halides is 3. The fourth-order valence-corrected chi connectivity index (χ4v) is 6.97. The normalized spacial score (nSPS) is 31.1. The lowest BCUT2D eigenvalue weighted by atomic mass is 9.45. The van der Waals surface area contributed by atoms with Crippen LogP contribution in [0.4, 0.5) is 13.2 Å². The van der Waals surface area contributed by atoms with E-state index in [1.54, 1.807) is 6.07 Å². The summed E-state index contributed by atoms with van der Waals surface area (Å²) in [6, 6.07) is 6.42. The van der Waals surface area contributed by atoms with Crippen molar-refractivity contribution in [1.29, 1.82) is 0 Å². The van der Waals surface area contributed by atoms with Crippen molar-refractivity contribution in [3.05, 3.63) is 53.3 Å². The number of carbonyl (C=O) groups excluding carboxylic acids is 1.